The van der Waals surface area contributed by atoms with Crippen molar-refractivity contribution in [1.29, 1.82) is 0 Å². The summed E-state index contributed by atoms with van der Waals surface area (Å²) in [5.41, 5.74) is 3.83. The Morgan fingerprint density at radius 3 is 1.95 bits per heavy atom. The molecule has 0 fully saturated rings. The van der Waals surface area contributed by atoms with Crippen molar-refractivity contribution >= 4 is 5.91 Å². The predicted molar refractivity (Wildman–Crippen MR) is 70.9 cm³/mol. The third-order valence-corrected chi connectivity index (χ3v) is 3.10. The third kappa shape index (κ3) is 2.36. The summed E-state index contributed by atoms with van der Waals surface area (Å²) in [6.45, 7) is 0. The summed E-state index contributed by atoms with van der Waals surface area (Å²) in [6.07, 6.45) is -1.42. The van der Waals surface area contributed by atoms with Crippen molar-refractivity contribution < 1.29 is 15.0 Å². The van der Waals surface area contributed by atoms with E-state index < -0.39 is 17.6 Å². The summed E-state index contributed by atoms with van der Waals surface area (Å²) in [5, 5.41) is 20.9. The molecule has 0 aliphatic heterocycles. The number of primary amides is 1. The number of amides is 1. The Balaban J connectivity index is 2.49. The molecule has 4 heteroatoms. The molecule has 0 heterocycles. The normalized spacial score (nSPS) is 15.5. The summed E-state index contributed by atoms with van der Waals surface area (Å²) < 4.78 is 0. The maximum atomic E-state index is 11.6. The highest BCUT2D eigenvalue weighted by atomic mass is 16.4. The molecular formula is C15H15NO3. The van der Waals surface area contributed by atoms with Crippen LogP contribution in [0, 0.1) is 0 Å². The van der Waals surface area contributed by atoms with Crippen LogP contribution in [0.25, 0.3) is 0 Å². The van der Waals surface area contributed by atoms with E-state index in [0.29, 0.717) is 5.56 Å². The Bertz CT molecular complexity index is 556. The molecule has 2 atom stereocenters. The lowest BCUT2D eigenvalue weighted by Gasteiger charge is -2.30. The van der Waals surface area contributed by atoms with Crippen molar-refractivity contribution in [1.82, 2.24) is 0 Å². The highest BCUT2D eigenvalue weighted by Crippen LogP contribution is 2.34. The van der Waals surface area contributed by atoms with E-state index in [0.717, 1.165) is 0 Å². The molecule has 0 aliphatic carbocycles. The van der Waals surface area contributed by atoms with Gasteiger partial charge in [0.25, 0.3) is 5.91 Å². The van der Waals surface area contributed by atoms with Crippen molar-refractivity contribution in [3.05, 3.63) is 71.8 Å². The number of hydrogen-bond donors (Lipinski definition) is 3. The first-order valence-electron chi connectivity index (χ1n) is 5.87. The van der Waals surface area contributed by atoms with Gasteiger partial charge in [-0.2, -0.15) is 0 Å². The lowest BCUT2D eigenvalue weighted by atomic mass is 9.84. The third-order valence-electron chi connectivity index (χ3n) is 3.10. The van der Waals surface area contributed by atoms with Gasteiger partial charge in [-0.05, 0) is 11.1 Å². The molecule has 0 aliphatic rings. The number of carbonyl (C=O) groups is 1. The average molecular weight is 257 g/mol. The van der Waals surface area contributed by atoms with Crippen molar-refractivity contribution in [2.45, 2.75) is 11.7 Å². The van der Waals surface area contributed by atoms with E-state index in [4.69, 9.17) is 5.73 Å². The van der Waals surface area contributed by atoms with Crippen molar-refractivity contribution in [3.8, 4) is 0 Å². The predicted octanol–water partition coefficient (Wildman–Crippen LogP) is 1.09. The number of aliphatic hydroxyl groups is 2. The molecule has 0 saturated carbocycles. The van der Waals surface area contributed by atoms with Gasteiger partial charge >= 0.3 is 0 Å². The SMILES string of the molecule is NC(=O)[C@](O)(c1ccccc1)[C@H](O)c1ccccc1. The van der Waals surface area contributed by atoms with Gasteiger partial charge < -0.3 is 15.9 Å². The second-order valence-corrected chi connectivity index (χ2v) is 4.31. The van der Waals surface area contributed by atoms with Crippen LogP contribution in [-0.4, -0.2) is 16.1 Å². The fourth-order valence-corrected chi connectivity index (χ4v) is 2.00. The zero-order valence-corrected chi connectivity index (χ0v) is 10.2. The highest BCUT2D eigenvalue weighted by molar-refractivity contribution is 5.85. The molecule has 2 aromatic carbocycles. The number of hydrogen-bond acceptors (Lipinski definition) is 3. The fourth-order valence-electron chi connectivity index (χ4n) is 2.00. The molecule has 19 heavy (non-hydrogen) atoms. The first kappa shape index (κ1) is 13.3. The van der Waals surface area contributed by atoms with Gasteiger partial charge in [-0.1, -0.05) is 60.7 Å². The largest absolute Gasteiger partial charge is 0.384 e. The summed E-state index contributed by atoms with van der Waals surface area (Å²) in [5.74, 6) is -0.991. The smallest absolute Gasteiger partial charge is 0.257 e. The van der Waals surface area contributed by atoms with Crippen molar-refractivity contribution in [2.24, 2.45) is 5.73 Å². The molecule has 4 N–H and O–H groups in total. The Hall–Kier alpha value is -2.17. The quantitative estimate of drug-likeness (QED) is 0.766. The number of aliphatic hydroxyl groups excluding tert-OH is 1. The first-order chi connectivity index (χ1) is 9.06. The fraction of sp³-hybridized carbons (Fsp3) is 0.133. The molecule has 0 spiro atoms. The lowest BCUT2D eigenvalue weighted by molar-refractivity contribution is -0.152. The van der Waals surface area contributed by atoms with E-state index in [1.165, 1.54) is 0 Å². The summed E-state index contributed by atoms with van der Waals surface area (Å²) in [7, 11) is 0. The van der Waals surface area contributed by atoms with Gasteiger partial charge in [-0.15, -0.1) is 0 Å². The van der Waals surface area contributed by atoms with E-state index in [2.05, 4.69) is 0 Å². The molecule has 0 unspecified atom stereocenters. The van der Waals surface area contributed by atoms with Gasteiger partial charge in [0.1, 0.15) is 6.10 Å². The Labute approximate surface area is 111 Å². The minimum Gasteiger partial charge on any atom is -0.384 e. The van der Waals surface area contributed by atoms with Crippen LogP contribution in [0.3, 0.4) is 0 Å². The number of benzene rings is 2. The minimum absolute atomic E-state index is 0.263. The van der Waals surface area contributed by atoms with Gasteiger partial charge in [0.15, 0.2) is 5.60 Å². The van der Waals surface area contributed by atoms with Crippen LogP contribution in [0.5, 0.6) is 0 Å². The average Bonchev–Trinajstić information content (AvgIpc) is 2.47. The molecule has 1 amide bonds. The van der Waals surface area contributed by atoms with E-state index in [1.807, 2.05) is 0 Å². The maximum absolute atomic E-state index is 11.6. The highest BCUT2D eigenvalue weighted by Gasteiger charge is 2.44. The zero-order chi connectivity index (χ0) is 13.9. The molecule has 0 radical (unpaired) electrons. The van der Waals surface area contributed by atoms with Gasteiger partial charge in [-0.25, -0.2) is 0 Å². The van der Waals surface area contributed by atoms with Crippen LogP contribution in [-0.2, 0) is 10.4 Å². The van der Waals surface area contributed by atoms with Crippen LogP contribution in [0.1, 0.15) is 17.2 Å². The van der Waals surface area contributed by atoms with Crippen LogP contribution in [0.2, 0.25) is 0 Å². The van der Waals surface area contributed by atoms with Crippen molar-refractivity contribution in [2.75, 3.05) is 0 Å². The summed E-state index contributed by atoms with van der Waals surface area (Å²) >= 11 is 0. The van der Waals surface area contributed by atoms with Crippen LogP contribution in [0.15, 0.2) is 60.7 Å². The molecule has 0 aromatic heterocycles. The Morgan fingerprint density at radius 1 is 1.00 bits per heavy atom. The molecule has 2 aromatic rings. The molecular weight excluding hydrogens is 242 g/mol. The van der Waals surface area contributed by atoms with Crippen LogP contribution < -0.4 is 5.73 Å². The molecule has 2 rings (SSSR count). The van der Waals surface area contributed by atoms with Gasteiger partial charge in [-0.3, -0.25) is 4.79 Å². The van der Waals surface area contributed by atoms with E-state index in [-0.39, 0.29) is 5.56 Å². The Kier molecular flexibility index (Phi) is 3.64. The molecule has 0 saturated heterocycles. The standard InChI is InChI=1S/C15H15NO3/c16-14(18)15(19,12-9-5-2-6-10-12)13(17)11-7-3-1-4-8-11/h1-10,13,17,19H,(H2,16,18)/t13-,15+/m1/s1. The van der Waals surface area contributed by atoms with E-state index >= 15 is 0 Å². The zero-order valence-electron chi connectivity index (χ0n) is 10.2. The number of carbonyl (C=O) groups excluding carboxylic acids is 1. The first-order valence-corrected chi connectivity index (χ1v) is 5.87. The Morgan fingerprint density at radius 2 is 1.47 bits per heavy atom. The minimum atomic E-state index is -2.15. The van der Waals surface area contributed by atoms with Crippen LogP contribution in [0.4, 0.5) is 0 Å². The molecule has 4 nitrogen and oxygen atoms in total. The molecule has 98 valence electrons. The van der Waals surface area contributed by atoms with E-state index in [9.17, 15) is 15.0 Å². The topological polar surface area (TPSA) is 83.6 Å². The summed E-state index contributed by atoms with van der Waals surface area (Å²) in [4.78, 5) is 11.6. The maximum Gasteiger partial charge on any atom is 0.257 e. The van der Waals surface area contributed by atoms with Gasteiger partial charge in [0.2, 0.25) is 0 Å². The molecule has 0 bridgehead atoms. The van der Waals surface area contributed by atoms with E-state index in [1.54, 1.807) is 60.7 Å². The second-order valence-electron chi connectivity index (χ2n) is 4.31. The van der Waals surface area contributed by atoms with Crippen molar-refractivity contribution in [3.63, 3.8) is 0 Å². The van der Waals surface area contributed by atoms with Gasteiger partial charge in [0.05, 0.1) is 0 Å². The monoisotopic (exact) mass is 257 g/mol. The lowest BCUT2D eigenvalue weighted by Crippen LogP contribution is -2.46. The van der Waals surface area contributed by atoms with Gasteiger partial charge in [0, 0.05) is 0 Å². The summed E-state index contributed by atoms with van der Waals surface area (Å²) in [6, 6.07) is 16.6. The number of rotatable bonds is 4. The van der Waals surface area contributed by atoms with Crippen LogP contribution >= 0.6 is 0 Å². The number of nitrogens with two attached hydrogens (primary N) is 1. The second kappa shape index (κ2) is 5.22.